The van der Waals surface area contributed by atoms with Gasteiger partial charge < -0.3 is 5.32 Å². The summed E-state index contributed by atoms with van der Waals surface area (Å²) in [4.78, 5) is 3.92. The third-order valence-electron chi connectivity index (χ3n) is 1.57. The maximum atomic E-state index is 11.0. The van der Waals surface area contributed by atoms with E-state index in [1.54, 1.807) is 25.5 Å². The van der Waals surface area contributed by atoms with E-state index >= 15 is 0 Å². The van der Waals surface area contributed by atoms with Gasteiger partial charge in [-0.05, 0) is 13.1 Å². The molecule has 0 radical (unpaired) electrons. The zero-order valence-electron chi connectivity index (χ0n) is 8.11. The SMILES string of the molecule is CNCc1cnccc1NS(C)(=O)=O. The van der Waals surface area contributed by atoms with Crippen LogP contribution in [0.15, 0.2) is 18.5 Å². The van der Waals surface area contributed by atoms with Crippen molar-refractivity contribution in [1.29, 1.82) is 0 Å². The Morgan fingerprint density at radius 1 is 1.50 bits per heavy atom. The third kappa shape index (κ3) is 3.31. The number of aromatic nitrogens is 1. The van der Waals surface area contributed by atoms with Crippen LogP contribution in [0.3, 0.4) is 0 Å². The number of sulfonamides is 1. The first-order chi connectivity index (χ1) is 6.53. The highest BCUT2D eigenvalue weighted by Gasteiger charge is 2.05. The summed E-state index contributed by atoms with van der Waals surface area (Å²) < 4.78 is 24.4. The minimum Gasteiger partial charge on any atom is -0.316 e. The first-order valence-electron chi connectivity index (χ1n) is 4.08. The van der Waals surface area contributed by atoms with Crippen LogP contribution in [-0.4, -0.2) is 26.7 Å². The lowest BCUT2D eigenvalue weighted by atomic mass is 10.2. The van der Waals surface area contributed by atoms with Crippen molar-refractivity contribution in [2.45, 2.75) is 6.54 Å². The summed E-state index contributed by atoms with van der Waals surface area (Å²) in [6.45, 7) is 0.575. The van der Waals surface area contributed by atoms with Crippen molar-refractivity contribution in [3.8, 4) is 0 Å². The van der Waals surface area contributed by atoms with Crippen molar-refractivity contribution < 1.29 is 8.42 Å². The Hall–Kier alpha value is -1.14. The molecule has 14 heavy (non-hydrogen) atoms. The highest BCUT2D eigenvalue weighted by atomic mass is 32.2. The molecule has 2 N–H and O–H groups in total. The lowest BCUT2D eigenvalue weighted by Crippen LogP contribution is -2.14. The molecule has 0 aliphatic heterocycles. The van der Waals surface area contributed by atoms with Gasteiger partial charge in [0.2, 0.25) is 10.0 Å². The molecule has 0 bridgehead atoms. The second kappa shape index (κ2) is 4.39. The van der Waals surface area contributed by atoms with E-state index < -0.39 is 10.0 Å². The first kappa shape index (κ1) is 10.9. The molecule has 0 amide bonds. The van der Waals surface area contributed by atoms with Gasteiger partial charge in [0, 0.05) is 24.5 Å². The average Bonchev–Trinajstić information content (AvgIpc) is 2.06. The summed E-state index contributed by atoms with van der Waals surface area (Å²) in [5, 5.41) is 2.94. The maximum Gasteiger partial charge on any atom is 0.229 e. The summed E-state index contributed by atoms with van der Waals surface area (Å²) in [6, 6.07) is 1.63. The van der Waals surface area contributed by atoms with Gasteiger partial charge in [-0.15, -0.1) is 0 Å². The van der Waals surface area contributed by atoms with Crippen LogP contribution >= 0.6 is 0 Å². The van der Waals surface area contributed by atoms with Gasteiger partial charge in [0.1, 0.15) is 0 Å². The molecule has 1 aromatic rings. The quantitative estimate of drug-likeness (QED) is 0.751. The maximum absolute atomic E-state index is 11.0. The molecule has 1 heterocycles. The predicted molar refractivity (Wildman–Crippen MR) is 55.5 cm³/mol. The third-order valence-corrected chi connectivity index (χ3v) is 2.16. The fourth-order valence-electron chi connectivity index (χ4n) is 1.06. The van der Waals surface area contributed by atoms with Gasteiger partial charge in [0.25, 0.3) is 0 Å². The summed E-state index contributed by atoms with van der Waals surface area (Å²) in [6.07, 6.45) is 4.30. The van der Waals surface area contributed by atoms with Crippen molar-refractivity contribution in [3.05, 3.63) is 24.0 Å². The highest BCUT2D eigenvalue weighted by Crippen LogP contribution is 2.13. The number of anilines is 1. The van der Waals surface area contributed by atoms with Gasteiger partial charge in [-0.3, -0.25) is 9.71 Å². The minimum absolute atomic E-state index is 0.567. The largest absolute Gasteiger partial charge is 0.316 e. The Labute approximate surface area is 83.6 Å². The summed E-state index contributed by atoms with van der Waals surface area (Å²) >= 11 is 0. The van der Waals surface area contributed by atoms with E-state index in [1.165, 1.54) is 0 Å². The van der Waals surface area contributed by atoms with Crippen molar-refractivity contribution in [2.75, 3.05) is 18.0 Å². The monoisotopic (exact) mass is 215 g/mol. The molecule has 1 rings (SSSR count). The standard InChI is InChI=1S/C8H13N3O2S/c1-9-5-7-6-10-4-3-8(7)11-14(2,12)13/h3-4,6,9H,5H2,1-2H3,(H,10,11). The van der Waals surface area contributed by atoms with Crippen LogP contribution in [0.2, 0.25) is 0 Å². The van der Waals surface area contributed by atoms with E-state index in [9.17, 15) is 8.42 Å². The van der Waals surface area contributed by atoms with Crippen molar-refractivity contribution in [1.82, 2.24) is 10.3 Å². The summed E-state index contributed by atoms with van der Waals surface area (Å²) in [5.74, 6) is 0. The van der Waals surface area contributed by atoms with Crippen LogP contribution in [0.1, 0.15) is 5.56 Å². The molecule has 0 saturated carbocycles. The topological polar surface area (TPSA) is 71.1 Å². The van der Waals surface area contributed by atoms with Crippen LogP contribution in [0.5, 0.6) is 0 Å². The Morgan fingerprint density at radius 3 is 2.79 bits per heavy atom. The molecule has 78 valence electrons. The minimum atomic E-state index is -3.22. The van der Waals surface area contributed by atoms with Crippen LogP contribution in [0, 0.1) is 0 Å². The van der Waals surface area contributed by atoms with Crippen molar-refractivity contribution in [2.24, 2.45) is 0 Å². The molecule has 6 heteroatoms. The molecule has 0 aromatic carbocycles. The molecule has 0 saturated heterocycles. The van der Waals surface area contributed by atoms with E-state index in [-0.39, 0.29) is 0 Å². The number of hydrogen-bond acceptors (Lipinski definition) is 4. The Bertz CT molecular complexity index is 403. The molecule has 0 unspecified atom stereocenters. The summed E-state index contributed by atoms with van der Waals surface area (Å²) in [7, 11) is -1.43. The highest BCUT2D eigenvalue weighted by molar-refractivity contribution is 7.92. The summed E-state index contributed by atoms with van der Waals surface area (Å²) in [5.41, 5.74) is 1.39. The van der Waals surface area contributed by atoms with Gasteiger partial charge >= 0.3 is 0 Å². The van der Waals surface area contributed by atoms with Crippen LogP contribution in [0.4, 0.5) is 5.69 Å². The Kier molecular flexibility index (Phi) is 3.43. The fraction of sp³-hybridized carbons (Fsp3) is 0.375. The Morgan fingerprint density at radius 2 is 2.21 bits per heavy atom. The fourth-order valence-corrected chi connectivity index (χ4v) is 1.66. The first-order valence-corrected chi connectivity index (χ1v) is 5.97. The zero-order chi connectivity index (χ0) is 10.6. The molecular formula is C8H13N3O2S. The average molecular weight is 215 g/mol. The number of rotatable bonds is 4. The van der Waals surface area contributed by atoms with E-state index in [1.807, 2.05) is 0 Å². The molecule has 0 fully saturated rings. The van der Waals surface area contributed by atoms with E-state index in [4.69, 9.17) is 0 Å². The van der Waals surface area contributed by atoms with E-state index in [0.29, 0.717) is 12.2 Å². The van der Waals surface area contributed by atoms with Gasteiger partial charge in [-0.25, -0.2) is 8.42 Å². The van der Waals surface area contributed by atoms with Crippen LogP contribution < -0.4 is 10.0 Å². The molecule has 0 spiro atoms. The zero-order valence-corrected chi connectivity index (χ0v) is 8.93. The molecular weight excluding hydrogens is 202 g/mol. The lowest BCUT2D eigenvalue weighted by molar-refractivity contribution is 0.606. The normalized spacial score (nSPS) is 11.3. The second-order valence-corrected chi connectivity index (χ2v) is 4.69. The second-order valence-electron chi connectivity index (χ2n) is 2.94. The van der Waals surface area contributed by atoms with Gasteiger partial charge in [-0.2, -0.15) is 0 Å². The molecule has 5 nitrogen and oxygen atoms in total. The lowest BCUT2D eigenvalue weighted by Gasteiger charge is -2.08. The van der Waals surface area contributed by atoms with E-state index in [0.717, 1.165) is 11.8 Å². The molecule has 1 aromatic heterocycles. The van der Waals surface area contributed by atoms with Crippen molar-refractivity contribution >= 4 is 15.7 Å². The van der Waals surface area contributed by atoms with Gasteiger partial charge in [-0.1, -0.05) is 0 Å². The van der Waals surface area contributed by atoms with E-state index in [2.05, 4.69) is 15.0 Å². The van der Waals surface area contributed by atoms with Gasteiger partial charge in [0.05, 0.1) is 11.9 Å². The van der Waals surface area contributed by atoms with Gasteiger partial charge in [0.15, 0.2) is 0 Å². The van der Waals surface area contributed by atoms with Crippen LogP contribution in [0.25, 0.3) is 0 Å². The van der Waals surface area contributed by atoms with Crippen LogP contribution in [-0.2, 0) is 16.6 Å². The number of nitrogens with zero attached hydrogens (tertiary/aromatic N) is 1. The number of pyridine rings is 1. The predicted octanol–water partition coefficient (Wildman–Crippen LogP) is 0.173. The van der Waals surface area contributed by atoms with Crippen molar-refractivity contribution in [3.63, 3.8) is 0 Å². The Balaban J connectivity index is 2.95. The smallest absolute Gasteiger partial charge is 0.229 e. The molecule has 0 aliphatic rings. The molecule has 0 aliphatic carbocycles. The molecule has 0 atom stereocenters. The number of hydrogen-bond donors (Lipinski definition) is 2. The number of nitrogens with one attached hydrogen (secondary N) is 2.